The van der Waals surface area contributed by atoms with Crippen molar-refractivity contribution in [2.24, 2.45) is 0 Å². The maximum atomic E-state index is 6.18. The fraction of sp³-hybridized carbons (Fsp3) is 0. The molecule has 0 N–H and O–H groups in total. The van der Waals surface area contributed by atoms with Gasteiger partial charge in [0.2, 0.25) is 0 Å². The number of para-hydroxylation sites is 1. The van der Waals surface area contributed by atoms with Crippen LogP contribution in [0.5, 0.6) is 0 Å². The molecule has 208 valence electrons. The smallest absolute Gasteiger partial charge is 0.160 e. The standard InChI is InChI=1S/C40H25BrN2O/c41-33-13-7-12-31(23-33)30-11-6-10-29(22-30)26-16-18-28(19-17-26)37-25-36(27-8-2-1-3-9-27)42-40(43-37)32-20-21-35-34-14-4-5-15-38(34)44-39(35)24-32/h1-25H. The SMILES string of the molecule is Brc1cccc(-c2cccc(-c3ccc(-c4cc(-c5ccccc5)nc(-c5ccc6c(c5)oc5ccccc56)n4)cc3)c2)c1. The minimum atomic E-state index is 0.662. The molecule has 0 spiro atoms. The van der Waals surface area contributed by atoms with Crippen LogP contribution in [0, 0.1) is 0 Å². The number of halogens is 1. The predicted molar refractivity (Wildman–Crippen MR) is 184 cm³/mol. The minimum Gasteiger partial charge on any atom is -0.456 e. The van der Waals surface area contributed by atoms with Gasteiger partial charge in [0.1, 0.15) is 11.2 Å². The van der Waals surface area contributed by atoms with Gasteiger partial charge in [-0.3, -0.25) is 0 Å². The van der Waals surface area contributed by atoms with Crippen molar-refractivity contribution in [2.75, 3.05) is 0 Å². The van der Waals surface area contributed by atoms with Gasteiger partial charge in [-0.2, -0.15) is 0 Å². The van der Waals surface area contributed by atoms with Crippen molar-refractivity contribution in [2.45, 2.75) is 0 Å². The van der Waals surface area contributed by atoms with Crippen LogP contribution < -0.4 is 0 Å². The van der Waals surface area contributed by atoms with Gasteiger partial charge in [-0.15, -0.1) is 0 Å². The van der Waals surface area contributed by atoms with E-state index in [0.29, 0.717) is 5.82 Å². The zero-order chi connectivity index (χ0) is 29.5. The van der Waals surface area contributed by atoms with Crippen molar-refractivity contribution >= 4 is 37.9 Å². The lowest BCUT2D eigenvalue weighted by molar-refractivity contribution is 0.669. The average Bonchev–Trinajstić information content (AvgIpc) is 3.47. The molecule has 6 aromatic carbocycles. The summed E-state index contributed by atoms with van der Waals surface area (Å²) in [7, 11) is 0. The number of aromatic nitrogens is 2. The van der Waals surface area contributed by atoms with Gasteiger partial charge in [-0.1, -0.05) is 125 Å². The molecule has 0 aliphatic rings. The van der Waals surface area contributed by atoms with Crippen LogP contribution >= 0.6 is 15.9 Å². The number of nitrogens with zero attached hydrogens (tertiary/aromatic N) is 2. The Morgan fingerprint density at radius 2 is 0.955 bits per heavy atom. The van der Waals surface area contributed by atoms with E-state index < -0.39 is 0 Å². The van der Waals surface area contributed by atoms with Crippen LogP contribution in [-0.4, -0.2) is 9.97 Å². The largest absolute Gasteiger partial charge is 0.456 e. The van der Waals surface area contributed by atoms with Gasteiger partial charge in [0.15, 0.2) is 5.82 Å². The molecule has 8 rings (SSSR count). The third-order valence-corrected chi connectivity index (χ3v) is 8.46. The Kier molecular flexibility index (Phi) is 6.62. The summed E-state index contributed by atoms with van der Waals surface area (Å²) in [5, 5.41) is 2.19. The van der Waals surface area contributed by atoms with E-state index in [1.54, 1.807) is 0 Å². The van der Waals surface area contributed by atoms with Gasteiger partial charge in [-0.05, 0) is 64.7 Å². The lowest BCUT2D eigenvalue weighted by Crippen LogP contribution is -1.96. The monoisotopic (exact) mass is 628 g/mol. The van der Waals surface area contributed by atoms with E-state index in [1.165, 1.54) is 16.7 Å². The van der Waals surface area contributed by atoms with E-state index in [0.717, 1.165) is 60.1 Å². The van der Waals surface area contributed by atoms with E-state index in [4.69, 9.17) is 14.4 Å². The molecule has 0 amide bonds. The van der Waals surface area contributed by atoms with Crippen LogP contribution in [0.15, 0.2) is 161 Å². The van der Waals surface area contributed by atoms with Crippen molar-refractivity contribution < 1.29 is 4.42 Å². The van der Waals surface area contributed by atoms with Gasteiger partial charge < -0.3 is 4.42 Å². The van der Waals surface area contributed by atoms with Crippen LogP contribution in [0.25, 0.3) is 78.1 Å². The molecule has 2 aromatic heterocycles. The number of rotatable bonds is 5. The average molecular weight is 630 g/mol. The summed E-state index contributed by atoms with van der Waals surface area (Å²) in [6.45, 7) is 0. The van der Waals surface area contributed by atoms with Gasteiger partial charge >= 0.3 is 0 Å². The Morgan fingerprint density at radius 3 is 1.73 bits per heavy atom. The Bertz CT molecular complexity index is 2290. The highest BCUT2D eigenvalue weighted by atomic mass is 79.9. The molecule has 0 unspecified atom stereocenters. The van der Waals surface area contributed by atoms with E-state index >= 15 is 0 Å². The second-order valence-electron chi connectivity index (χ2n) is 10.8. The first-order chi connectivity index (χ1) is 21.7. The molecule has 3 nitrogen and oxygen atoms in total. The van der Waals surface area contributed by atoms with E-state index in [9.17, 15) is 0 Å². The van der Waals surface area contributed by atoms with Crippen molar-refractivity contribution in [1.82, 2.24) is 9.97 Å². The number of furan rings is 1. The molecule has 2 heterocycles. The fourth-order valence-electron chi connectivity index (χ4n) is 5.73. The Labute approximate surface area is 263 Å². The summed E-state index contributed by atoms with van der Waals surface area (Å²) in [6.07, 6.45) is 0. The van der Waals surface area contributed by atoms with Gasteiger partial charge in [0, 0.05) is 31.9 Å². The first-order valence-electron chi connectivity index (χ1n) is 14.5. The molecular formula is C40H25BrN2O. The third-order valence-electron chi connectivity index (χ3n) is 7.97. The first kappa shape index (κ1) is 26.3. The lowest BCUT2D eigenvalue weighted by atomic mass is 9.98. The normalized spacial score (nSPS) is 11.3. The second kappa shape index (κ2) is 11.1. The molecule has 0 fully saturated rings. The summed E-state index contributed by atoms with van der Waals surface area (Å²) in [6, 6.07) is 52.3. The van der Waals surface area contributed by atoms with Crippen LogP contribution in [0.3, 0.4) is 0 Å². The summed E-state index contributed by atoms with van der Waals surface area (Å²) in [5.41, 5.74) is 11.1. The van der Waals surface area contributed by atoms with Crippen LogP contribution in [0.4, 0.5) is 0 Å². The number of hydrogen-bond donors (Lipinski definition) is 0. The molecule has 0 atom stereocenters. The summed E-state index contributed by atoms with van der Waals surface area (Å²) in [5.74, 6) is 0.662. The highest BCUT2D eigenvalue weighted by molar-refractivity contribution is 9.10. The fourth-order valence-corrected chi connectivity index (χ4v) is 6.13. The zero-order valence-corrected chi connectivity index (χ0v) is 25.2. The highest BCUT2D eigenvalue weighted by Gasteiger charge is 2.14. The molecule has 0 saturated carbocycles. The molecule has 0 bridgehead atoms. The molecule has 0 radical (unpaired) electrons. The van der Waals surface area contributed by atoms with Crippen LogP contribution in [-0.2, 0) is 0 Å². The molecule has 0 aliphatic heterocycles. The van der Waals surface area contributed by atoms with Crippen LogP contribution in [0.1, 0.15) is 0 Å². The number of fused-ring (bicyclic) bond motifs is 3. The molecule has 4 heteroatoms. The van der Waals surface area contributed by atoms with E-state index in [-0.39, 0.29) is 0 Å². The first-order valence-corrected chi connectivity index (χ1v) is 15.3. The lowest BCUT2D eigenvalue weighted by Gasteiger charge is -2.11. The third kappa shape index (κ3) is 5.00. The van der Waals surface area contributed by atoms with Gasteiger partial charge in [0.05, 0.1) is 11.4 Å². The van der Waals surface area contributed by atoms with Crippen molar-refractivity contribution in [3.63, 3.8) is 0 Å². The van der Waals surface area contributed by atoms with E-state index in [1.807, 2.05) is 48.5 Å². The molecular weight excluding hydrogens is 604 g/mol. The topological polar surface area (TPSA) is 38.9 Å². The van der Waals surface area contributed by atoms with E-state index in [2.05, 4.69) is 119 Å². The summed E-state index contributed by atoms with van der Waals surface area (Å²) >= 11 is 3.60. The van der Waals surface area contributed by atoms with Gasteiger partial charge in [0.25, 0.3) is 0 Å². The number of benzene rings is 6. The minimum absolute atomic E-state index is 0.662. The summed E-state index contributed by atoms with van der Waals surface area (Å²) < 4.78 is 7.25. The second-order valence-corrected chi connectivity index (χ2v) is 11.7. The molecule has 0 saturated heterocycles. The van der Waals surface area contributed by atoms with Crippen LogP contribution in [0.2, 0.25) is 0 Å². The molecule has 44 heavy (non-hydrogen) atoms. The Hall–Kier alpha value is -5.32. The Balaban J connectivity index is 1.19. The zero-order valence-electron chi connectivity index (χ0n) is 23.6. The van der Waals surface area contributed by atoms with Crippen molar-refractivity contribution in [3.8, 4) is 56.2 Å². The Morgan fingerprint density at radius 1 is 0.386 bits per heavy atom. The van der Waals surface area contributed by atoms with Crippen molar-refractivity contribution in [1.29, 1.82) is 0 Å². The maximum absolute atomic E-state index is 6.18. The predicted octanol–water partition coefficient (Wildman–Crippen LogP) is 11.5. The molecule has 8 aromatic rings. The van der Waals surface area contributed by atoms with Gasteiger partial charge in [-0.25, -0.2) is 9.97 Å². The quantitative estimate of drug-likeness (QED) is 0.190. The summed E-state index contributed by atoms with van der Waals surface area (Å²) in [4.78, 5) is 10.1. The highest BCUT2D eigenvalue weighted by Crippen LogP contribution is 2.34. The molecule has 0 aliphatic carbocycles. The van der Waals surface area contributed by atoms with Crippen molar-refractivity contribution in [3.05, 3.63) is 156 Å². The maximum Gasteiger partial charge on any atom is 0.160 e. The number of hydrogen-bond acceptors (Lipinski definition) is 3.